The molecule has 0 unspecified atom stereocenters. The number of nitrogens with zero attached hydrogens (tertiary/aromatic N) is 5. The number of alkyl halides is 3. The highest BCUT2D eigenvalue weighted by molar-refractivity contribution is 5.58. The zero-order valence-electron chi connectivity index (χ0n) is 15.6. The smallest absolute Gasteiger partial charge is 0.384 e. The summed E-state index contributed by atoms with van der Waals surface area (Å²) in [6.07, 6.45) is -4.77. The summed E-state index contributed by atoms with van der Waals surface area (Å²) in [7, 11) is 0. The number of halogens is 5. The van der Waals surface area contributed by atoms with Crippen molar-refractivity contribution in [2.75, 3.05) is 16.4 Å². The monoisotopic (exact) mass is 426 g/mol. The molecule has 0 saturated heterocycles. The van der Waals surface area contributed by atoms with Gasteiger partial charge in [-0.15, -0.1) is 0 Å². The van der Waals surface area contributed by atoms with Crippen molar-refractivity contribution >= 4 is 23.4 Å². The largest absolute Gasteiger partial charge is 0.433 e. The average molecular weight is 426 g/mol. The number of nitrogen functional groups attached to an aromatic ring is 1. The fraction of sp³-hybridized carbons (Fsp3) is 0.235. The topological polar surface area (TPSA) is 115 Å². The molecular formula is C17H15F5N8. The number of nitrogens with two attached hydrogens (primary N) is 1. The molecule has 3 aromatic rings. The maximum Gasteiger partial charge on any atom is 0.433 e. The van der Waals surface area contributed by atoms with Crippen molar-refractivity contribution in [2.45, 2.75) is 26.1 Å². The van der Waals surface area contributed by atoms with Gasteiger partial charge in [-0.3, -0.25) is 0 Å². The number of anilines is 4. The number of benzene rings is 1. The van der Waals surface area contributed by atoms with Crippen LogP contribution in [0.5, 0.6) is 0 Å². The van der Waals surface area contributed by atoms with Gasteiger partial charge < -0.3 is 16.4 Å². The van der Waals surface area contributed by atoms with Gasteiger partial charge in [-0.05, 0) is 26.0 Å². The standard InChI is InChI=1S/C17H15F5N8/c1-7(2)24-15-28-14(13-26-11(17(20,21)22)6-12(23)27-13)29-16(30-15)25-10-4-8(18)3-9(19)5-10/h3-7H,1-2H3,(H2,23,26,27)(H2,24,25,28,29,30). The Bertz CT molecular complexity index is 1050. The fourth-order valence-electron chi connectivity index (χ4n) is 2.32. The summed E-state index contributed by atoms with van der Waals surface area (Å²) in [6, 6.07) is 3.08. The molecule has 0 atom stereocenters. The second-order valence-corrected chi connectivity index (χ2v) is 6.39. The lowest BCUT2D eigenvalue weighted by molar-refractivity contribution is -0.141. The molecule has 2 aromatic heterocycles. The third-order valence-corrected chi connectivity index (χ3v) is 3.41. The van der Waals surface area contributed by atoms with Crippen LogP contribution in [0.2, 0.25) is 0 Å². The van der Waals surface area contributed by atoms with E-state index in [1.807, 2.05) is 0 Å². The van der Waals surface area contributed by atoms with Crippen LogP contribution in [-0.2, 0) is 6.18 Å². The zero-order valence-corrected chi connectivity index (χ0v) is 15.6. The zero-order chi connectivity index (χ0) is 22.1. The second kappa shape index (κ2) is 8.00. The van der Waals surface area contributed by atoms with Crippen LogP contribution in [-0.4, -0.2) is 31.0 Å². The lowest BCUT2D eigenvalue weighted by atomic mass is 10.3. The minimum absolute atomic E-state index is 0.0195. The van der Waals surface area contributed by atoms with Crippen molar-refractivity contribution in [3.63, 3.8) is 0 Å². The van der Waals surface area contributed by atoms with E-state index < -0.39 is 35.1 Å². The molecule has 8 nitrogen and oxygen atoms in total. The van der Waals surface area contributed by atoms with Crippen LogP contribution in [0, 0.1) is 11.6 Å². The highest BCUT2D eigenvalue weighted by Gasteiger charge is 2.34. The Balaban J connectivity index is 2.08. The molecule has 30 heavy (non-hydrogen) atoms. The van der Waals surface area contributed by atoms with E-state index >= 15 is 0 Å². The van der Waals surface area contributed by atoms with Gasteiger partial charge in [0.15, 0.2) is 11.5 Å². The van der Waals surface area contributed by atoms with Crippen LogP contribution in [0.15, 0.2) is 24.3 Å². The summed E-state index contributed by atoms with van der Waals surface area (Å²) < 4.78 is 66.1. The van der Waals surface area contributed by atoms with Gasteiger partial charge >= 0.3 is 6.18 Å². The molecule has 0 aliphatic carbocycles. The number of rotatable bonds is 5. The summed E-state index contributed by atoms with van der Waals surface area (Å²) in [5.41, 5.74) is 4.17. The lowest BCUT2D eigenvalue weighted by Crippen LogP contribution is -2.16. The SMILES string of the molecule is CC(C)Nc1nc(Nc2cc(F)cc(F)c2)nc(-c2nc(N)cc(C(F)(F)F)n2)n1. The van der Waals surface area contributed by atoms with E-state index in [1.165, 1.54) is 0 Å². The number of nitrogens with one attached hydrogen (secondary N) is 2. The first-order valence-electron chi connectivity index (χ1n) is 8.47. The van der Waals surface area contributed by atoms with Gasteiger partial charge in [0.05, 0.1) is 0 Å². The summed E-state index contributed by atoms with van der Waals surface area (Å²) in [5.74, 6) is -3.17. The molecule has 0 spiro atoms. The highest BCUT2D eigenvalue weighted by Crippen LogP contribution is 2.30. The number of hydrogen-bond donors (Lipinski definition) is 3. The fourth-order valence-corrected chi connectivity index (χ4v) is 2.32. The normalized spacial score (nSPS) is 11.6. The van der Waals surface area contributed by atoms with Crippen molar-refractivity contribution in [2.24, 2.45) is 0 Å². The third-order valence-electron chi connectivity index (χ3n) is 3.41. The van der Waals surface area contributed by atoms with Crippen molar-refractivity contribution in [1.29, 1.82) is 0 Å². The summed E-state index contributed by atoms with van der Waals surface area (Å²) >= 11 is 0. The first-order chi connectivity index (χ1) is 14.0. The molecule has 0 bridgehead atoms. The summed E-state index contributed by atoms with van der Waals surface area (Å²) in [6.45, 7) is 3.55. The average Bonchev–Trinajstić information content (AvgIpc) is 2.58. The molecule has 0 saturated carbocycles. The van der Waals surface area contributed by atoms with E-state index in [2.05, 4.69) is 35.6 Å². The maximum absolute atomic E-state index is 13.4. The molecular weight excluding hydrogens is 411 g/mol. The van der Waals surface area contributed by atoms with Gasteiger partial charge in [-0.2, -0.15) is 28.1 Å². The molecule has 0 fully saturated rings. The van der Waals surface area contributed by atoms with E-state index in [1.54, 1.807) is 13.8 Å². The van der Waals surface area contributed by atoms with Gasteiger partial charge in [0, 0.05) is 23.9 Å². The Morgan fingerprint density at radius 3 is 2.03 bits per heavy atom. The van der Waals surface area contributed by atoms with Gasteiger partial charge in [0.2, 0.25) is 17.7 Å². The molecule has 158 valence electrons. The second-order valence-electron chi connectivity index (χ2n) is 6.39. The molecule has 0 aliphatic heterocycles. The van der Waals surface area contributed by atoms with Crippen LogP contribution in [0.1, 0.15) is 19.5 Å². The first kappa shape index (κ1) is 21.1. The van der Waals surface area contributed by atoms with Crippen molar-refractivity contribution < 1.29 is 22.0 Å². The Kier molecular flexibility index (Phi) is 5.62. The predicted molar refractivity (Wildman–Crippen MR) is 98.7 cm³/mol. The number of hydrogen-bond acceptors (Lipinski definition) is 8. The maximum atomic E-state index is 13.4. The molecule has 13 heteroatoms. The van der Waals surface area contributed by atoms with E-state index in [0.717, 1.165) is 12.1 Å². The molecule has 4 N–H and O–H groups in total. The van der Waals surface area contributed by atoms with E-state index in [9.17, 15) is 22.0 Å². The van der Waals surface area contributed by atoms with Crippen molar-refractivity contribution in [1.82, 2.24) is 24.9 Å². The van der Waals surface area contributed by atoms with Crippen molar-refractivity contribution in [3.05, 3.63) is 41.6 Å². The minimum Gasteiger partial charge on any atom is -0.384 e. The van der Waals surface area contributed by atoms with Gasteiger partial charge in [-0.25, -0.2) is 18.7 Å². The molecule has 1 aromatic carbocycles. The highest BCUT2D eigenvalue weighted by atomic mass is 19.4. The lowest BCUT2D eigenvalue weighted by Gasteiger charge is -2.13. The molecule has 3 rings (SSSR count). The predicted octanol–water partition coefficient (Wildman–Crippen LogP) is 3.77. The van der Waals surface area contributed by atoms with Crippen LogP contribution in [0.25, 0.3) is 11.6 Å². The van der Waals surface area contributed by atoms with Crippen LogP contribution in [0.4, 0.5) is 45.4 Å². The number of aromatic nitrogens is 5. The molecule has 0 aliphatic rings. The third kappa shape index (κ3) is 5.24. The van der Waals surface area contributed by atoms with Gasteiger partial charge in [0.25, 0.3) is 0 Å². The molecule has 0 radical (unpaired) electrons. The van der Waals surface area contributed by atoms with Gasteiger partial charge in [-0.1, -0.05) is 0 Å². The van der Waals surface area contributed by atoms with Gasteiger partial charge in [0.1, 0.15) is 17.5 Å². The minimum atomic E-state index is -4.77. The van der Waals surface area contributed by atoms with Crippen LogP contribution < -0.4 is 16.4 Å². The first-order valence-corrected chi connectivity index (χ1v) is 8.47. The molecule has 2 heterocycles. The summed E-state index contributed by atoms with van der Waals surface area (Å²) in [5, 5.41) is 5.44. The Labute approximate surface area is 166 Å². The Morgan fingerprint density at radius 1 is 0.833 bits per heavy atom. The van der Waals surface area contributed by atoms with E-state index in [-0.39, 0.29) is 29.5 Å². The quantitative estimate of drug-likeness (QED) is 0.528. The Morgan fingerprint density at radius 2 is 1.43 bits per heavy atom. The Hall–Kier alpha value is -3.64. The van der Waals surface area contributed by atoms with Crippen LogP contribution >= 0.6 is 0 Å². The molecule has 0 amide bonds. The van der Waals surface area contributed by atoms with Crippen LogP contribution in [0.3, 0.4) is 0 Å². The summed E-state index contributed by atoms with van der Waals surface area (Å²) in [4.78, 5) is 19.2. The van der Waals surface area contributed by atoms with E-state index in [4.69, 9.17) is 5.73 Å². The van der Waals surface area contributed by atoms with Crippen molar-refractivity contribution in [3.8, 4) is 11.6 Å². The van der Waals surface area contributed by atoms with E-state index in [0.29, 0.717) is 12.1 Å².